The van der Waals surface area contributed by atoms with Crippen molar-refractivity contribution in [3.05, 3.63) is 35.9 Å². The largest absolute Gasteiger partial charge is 0.393 e. The molecule has 0 aromatic heterocycles. The highest BCUT2D eigenvalue weighted by molar-refractivity contribution is 5.95. The summed E-state index contributed by atoms with van der Waals surface area (Å²) in [4.78, 5) is 25.5. The fourth-order valence-electron chi connectivity index (χ4n) is 3.78. The van der Waals surface area contributed by atoms with E-state index in [9.17, 15) is 22.8 Å². The molecule has 1 aliphatic heterocycles. The molecule has 0 bridgehead atoms. The smallest absolute Gasteiger partial charge is 0.349 e. The Kier molecular flexibility index (Phi) is 5.87. The van der Waals surface area contributed by atoms with Gasteiger partial charge in [-0.2, -0.15) is 13.2 Å². The van der Waals surface area contributed by atoms with Gasteiger partial charge < -0.3 is 10.2 Å². The first-order valence-electron chi connectivity index (χ1n) is 9.30. The van der Waals surface area contributed by atoms with E-state index in [1.54, 1.807) is 23.1 Å². The van der Waals surface area contributed by atoms with Crippen LogP contribution in [0, 0.1) is 5.92 Å². The lowest BCUT2D eigenvalue weighted by Gasteiger charge is -2.33. The Hall–Kier alpha value is -2.31. The minimum Gasteiger partial charge on any atom is -0.349 e. The first-order valence-corrected chi connectivity index (χ1v) is 9.30. The van der Waals surface area contributed by atoms with Crippen LogP contribution in [0.3, 0.4) is 0 Å². The zero-order valence-electron chi connectivity index (χ0n) is 15.0. The van der Waals surface area contributed by atoms with E-state index in [2.05, 4.69) is 5.32 Å². The zero-order chi connectivity index (χ0) is 19.4. The van der Waals surface area contributed by atoms with Gasteiger partial charge in [-0.25, -0.2) is 0 Å². The number of benzene rings is 1. The monoisotopic (exact) mass is 380 g/mol. The Labute approximate surface area is 156 Å². The highest BCUT2D eigenvalue weighted by Gasteiger charge is 2.45. The van der Waals surface area contributed by atoms with Gasteiger partial charge in [0.1, 0.15) is 0 Å². The van der Waals surface area contributed by atoms with Crippen molar-refractivity contribution in [1.82, 2.24) is 5.32 Å². The summed E-state index contributed by atoms with van der Waals surface area (Å²) in [6, 6.07) is 6.32. The molecule has 1 aliphatic carbocycles. The van der Waals surface area contributed by atoms with Crippen LogP contribution < -0.4 is 10.2 Å². The number of carbonyl (C=O) groups is 2. The van der Waals surface area contributed by atoms with Crippen molar-refractivity contribution in [3.8, 4) is 0 Å². The maximum absolute atomic E-state index is 13.1. The number of nitrogens with one attached hydrogen (secondary N) is 1. The van der Waals surface area contributed by atoms with E-state index in [1.165, 1.54) is 6.08 Å². The molecule has 1 heterocycles. The normalized spacial score (nSPS) is 23.8. The van der Waals surface area contributed by atoms with E-state index in [1.807, 2.05) is 12.1 Å². The predicted molar refractivity (Wildman–Crippen MR) is 97.0 cm³/mol. The number of carbonyl (C=O) groups excluding carboxylic acids is 2. The van der Waals surface area contributed by atoms with Crippen LogP contribution in [0.4, 0.5) is 18.9 Å². The van der Waals surface area contributed by atoms with Crippen LogP contribution >= 0.6 is 0 Å². The van der Waals surface area contributed by atoms with Crippen molar-refractivity contribution in [2.75, 3.05) is 11.4 Å². The van der Waals surface area contributed by atoms with Crippen LogP contribution in [-0.4, -0.2) is 30.6 Å². The molecule has 146 valence electrons. The molecule has 2 aliphatic rings. The predicted octanol–water partition coefficient (Wildman–Crippen LogP) is 4.06. The third-order valence-electron chi connectivity index (χ3n) is 5.22. The summed E-state index contributed by atoms with van der Waals surface area (Å²) in [6.07, 6.45) is 1.59. The Bertz CT molecular complexity index is 713. The number of hydrogen-bond donors (Lipinski definition) is 1. The molecule has 0 unspecified atom stereocenters. The molecule has 3 rings (SSSR count). The van der Waals surface area contributed by atoms with Crippen LogP contribution in [0.15, 0.2) is 30.3 Å². The van der Waals surface area contributed by atoms with Crippen molar-refractivity contribution in [3.63, 3.8) is 0 Å². The molecule has 1 N–H and O–H groups in total. The summed E-state index contributed by atoms with van der Waals surface area (Å²) in [5.41, 5.74) is 1.56. The van der Waals surface area contributed by atoms with E-state index in [0.717, 1.165) is 17.7 Å². The maximum Gasteiger partial charge on any atom is 0.393 e. The summed E-state index contributed by atoms with van der Waals surface area (Å²) in [5.74, 6) is -1.89. The molecule has 1 aromatic carbocycles. The van der Waals surface area contributed by atoms with Crippen molar-refractivity contribution < 1.29 is 22.8 Å². The minimum absolute atomic E-state index is 0.0643. The number of halogens is 3. The molecule has 1 saturated carbocycles. The first-order chi connectivity index (χ1) is 12.8. The lowest BCUT2D eigenvalue weighted by Crippen LogP contribution is -2.47. The summed E-state index contributed by atoms with van der Waals surface area (Å²) < 4.78 is 39.3. The standard InChI is InChI=1S/C20H23F3N2O2/c21-20(22,23)16-4-1-2-5-17(16)24-18(26)12-9-14-7-10-15(11-8-14)25-13-3-6-19(25)27/h7-12,16-17H,1-6,13H2,(H,24,26)/b12-9+/t16-,17+/m0/s1. The van der Waals surface area contributed by atoms with Gasteiger partial charge >= 0.3 is 6.18 Å². The third-order valence-corrected chi connectivity index (χ3v) is 5.22. The molecule has 1 saturated heterocycles. The molecule has 2 atom stereocenters. The van der Waals surface area contributed by atoms with E-state index >= 15 is 0 Å². The van der Waals surface area contributed by atoms with Crippen molar-refractivity contribution in [1.29, 1.82) is 0 Å². The van der Waals surface area contributed by atoms with Crippen molar-refractivity contribution in [2.24, 2.45) is 5.92 Å². The van der Waals surface area contributed by atoms with Gasteiger partial charge in [-0.1, -0.05) is 25.0 Å². The average molecular weight is 380 g/mol. The molecule has 27 heavy (non-hydrogen) atoms. The van der Waals surface area contributed by atoms with Gasteiger partial charge in [0.15, 0.2) is 0 Å². The number of anilines is 1. The zero-order valence-corrected chi connectivity index (χ0v) is 15.0. The Balaban J connectivity index is 1.58. The minimum atomic E-state index is -4.29. The fraction of sp³-hybridized carbons (Fsp3) is 0.500. The number of rotatable bonds is 4. The molecular formula is C20H23F3N2O2. The number of nitrogens with zero attached hydrogens (tertiary/aromatic N) is 1. The topological polar surface area (TPSA) is 49.4 Å². The molecule has 2 amide bonds. The number of amides is 2. The maximum atomic E-state index is 13.1. The molecule has 1 aromatic rings. The van der Waals surface area contributed by atoms with Crippen LogP contribution in [0.1, 0.15) is 44.1 Å². The molecule has 0 spiro atoms. The lowest BCUT2D eigenvalue weighted by molar-refractivity contribution is -0.188. The Morgan fingerprint density at radius 1 is 1.11 bits per heavy atom. The summed E-state index contributed by atoms with van der Waals surface area (Å²) in [7, 11) is 0. The van der Waals surface area contributed by atoms with Crippen LogP contribution in [0.2, 0.25) is 0 Å². The Morgan fingerprint density at radius 3 is 2.44 bits per heavy atom. The third kappa shape index (κ3) is 4.90. The van der Waals surface area contributed by atoms with Crippen LogP contribution in [-0.2, 0) is 9.59 Å². The molecule has 2 fully saturated rings. The SMILES string of the molecule is O=C(/C=C/c1ccc(N2CCCC2=O)cc1)N[C@@H]1CCCC[C@@H]1C(F)(F)F. The highest BCUT2D eigenvalue weighted by Crippen LogP contribution is 2.37. The van der Waals surface area contributed by atoms with E-state index in [-0.39, 0.29) is 12.3 Å². The molecule has 7 heteroatoms. The van der Waals surface area contributed by atoms with Crippen molar-refractivity contribution in [2.45, 2.75) is 50.7 Å². The highest BCUT2D eigenvalue weighted by atomic mass is 19.4. The fourth-order valence-corrected chi connectivity index (χ4v) is 3.78. The molecule has 0 radical (unpaired) electrons. The quantitative estimate of drug-likeness (QED) is 0.801. The van der Waals surface area contributed by atoms with Gasteiger partial charge in [0.2, 0.25) is 11.8 Å². The molecular weight excluding hydrogens is 357 g/mol. The van der Waals surface area contributed by atoms with Gasteiger partial charge in [-0.3, -0.25) is 9.59 Å². The lowest BCUT2D eigenvalue weighted by atomic mass is 9.84. The van der Waals surface area contributed by atoms with Gasteiger partial charge in [-0.05, 0) is 43.0 Å². The van der Waals surface area contributed by atoms with Gasteiger partial charge in [-0.15, -0.1) is 0 Å². The van der Waals surface area contributed by atoms with Crippen LogP contribution in [0.25, 0.3) is 6.08 Å². The van der Waals surface area contributed by atoms with Gasteiger partial charge in [0.05, 0.1) is 5.92 Å². The van der Waals surface area contributed by atoms with E-state index in [0.29, 0.717) is 32.2 Å². The molecule has 4 nitrogen and oxygen atoms in total. The Morgan fingerprint density at radius 2 is 1.81 bits per heavy atom. The summed E-state index contributed by atoms with van der Waals surface area (Å²) >= 11 is 0. The van der Waals surface area contributed by atoms with Gasteiger partial charge in [0, 0.05) is 30.8 Å². The van der Waals surface area contributed by atoms with E-state index < -0.39 is 24.0 Å². The van der Waals surface area contributed by atoms with Crippen LogP contribution in [0.5, 0.6) is 0 Å². The second-order valence-electron chi connectivity index (χ2n) is 7.12. The summed E-state index contributed by atoms with van der Waals surface area (Å²) in [5, 5.41) is 2.51. The average Bonchev–Trinajstić information content (AvgIpc) is 3.06. The number of alkyl halides is 3. The number of hydrogen-bond acceptors (Lipinski definition) is 2. The van der Waals surface area contributed by atoms with Gasteiger partial charge in [0.25, 0.3) is 0 Å². The second kappa shape index (κ2) is 8.15. The van der Waals surface area contributed by atoms with E-state index in [4.69, 9.17) is 0 Å². The summed E-state index contributed by atoms with van der Waals surface area (Å²) in [6.45, 7) is 0.707. The first kappa shape index (κ1) is 19.5. The van der Waals surface area contributed by atoms with Crippen molar-refractivity contribution >= 4 is 23.6 Å². The second-order valence-corrected chi connectivity index (χ2v) is 7.12.